The van der Waals surface area contributed by atoms with Crippen molar-refractivity contribution in [3.8, 4) is 22.6 Å². The fourth-order valence-corrected chi connectivity index (χ4v) is 5.23. The third-order valence-electron chi connectivity index (χ3n) is 7.31. The summed E-state index contributed by atoms with van der Waals surface area (Å²) in [5, 5.41) is -2.28. The maximum absolute atomic E-state index is 15.9. The number of hydrogen-bond acceptors (Lipinski definition) is 2. The quantitative estimate of drug-likeness (QED) is 0.0783. The van der Waals surface area contributed by atoms with Crippen molar-refractivity contribution in [1.29, 1.82) is 0 Å². The van der Waals surface area contributed by atoms with Gasteiger partial charge in [-0.25, -0.2) is 57.1 Å². The Kier molecular flexibility index (Phi) is 7.70. The van der Waals surface area contributed by atoms with Crippen LogP contribution in [0.15, 0.2) is 24.3 Å². The Morgan fingerprint density at radius 1 is 0.469 bits per heavy atom. The second-order valence-corrected chi connectivity index (χ2v) is 10.0. The zero-order chi connectivity index (χ0) is 36.2. The van der Waals surface area contributed by atoms with Gasteiger partial charge in [0.25, 0.3) is 0 Å². The first-order valence-electron chi connectivity index (χ1n) is 12.7. The first-order chi connectivity index (χ1) is 22.8. The lowest BCUT2D eigenvalue weighted by molar-refractivity contribution is 0.0433. The Balaban J connectivity index is 1.72. The molecule has 0 amide bonds. The molecule has 0 radical (unpaired) electrons. The van der Waals surface area contributed by atoms with Gasteiger partial charge in [0.2, 0.25) is 29.1 Å². The van der Waals surface area contributed by atoms with Crippen molar-refractivity contribution in [3.05, 3.63) is 123 Å². The predicted octanol–water partition coefficient (Wildman–Crippen LogP) is 8.90. The minimum Gasteiger partial charge on any atom is -0.521 e. The van der Waals surface area contributed by atoms with E-state index in [1.165, 1.54) is 0 Å². The summed E-state index contributed by atoms with van der Waals surface area (Å²) in [6.45, 7) is 0. The van der Waals surface area contributed by atoms with E-state index < -0.39 is 150 Å². The van der Waals surface area contributed by atoms with E-state index in [0.29, 0.717) is 12.1 Å². The monoisotopic (exact) mass is 718 g/mol. The summed E-state index contributed by atoms with van der Waals surface area (Å²) in [5.41, 5.74) is -12.0. The zero-order valence-electron chi connectivity index (χ0n) is 22.6. The molecular formula is C29H4BF17O2. The zero-order valence-corrected chi connectivity index (χ0v) is 22.6. The molecule has 49 heavy (non-hydrogen) atoms. The van der Waals surface area contributed by atoms with Crippen molar-refractivity contribution >= 4 is 23.4 Å². The van der Waals surface area contributed by atoms with Crippen LogP contribution >= 0.6 is 0 Å². The first-order valence-corrected chi connectivity index (χ1v) is 12.7. The number of halogens is 17. The normalized spacial score (nSPS) is 13.2. The standard InChI is InChI=1S/C29H4BF17O2/c31-5-3-6-9(2-1-7(32)10(6)8(33)4-5)48-30(49-28-26(44)24(42)23(41)25(43)27(28)45)15-13-11(16(34)20(38)19(15)37)12-14(29(13,46)47)18(36)22(40)21(39)17(12)35/h1-4H. The average molecular weight is 718 g/mol. The summed E-state index contributed by atoms with van der Waals surface area (Å²) in [4.78, 5) is 0. The molecule has 0 heterocycles. The Bertz CT molecular complexity index is 2260. The smallest absolute Gasteiger partial charge is 0.521 e. The van der Waals surface area contributed by atoms with E-state index >= 15 is 22.0 Å². The summed E-state index contributed by atoms with van der Waals surface area (Å²) in [6, 6.07) is 0.986. The van der Waals surface area contributed by atoms with Crippen LogP contribution in [0.5, 0.6) is 11.5 Å². The van der Waals surface area contributed by atoms with Gasteiger partial charge in [0.05, 0.1) is 16.4 Å². The Morgan fingerprint density at radius 2 is 0.959 bits per heavy atom. The molecule has 1 aliphatic rings. The highest BCUT2D eigenvalue weighted by Gasteiger charge is 2.57. The Labute approximate surface area is 259 Å². The van der Waals surface area contributed by atoms with E-state index in [2.05, 4.69) is 4.65 Å². The number of alkyl halides is 2. The Morgan fingerprint density at radius 3 is 1.55 bits per heavy atom. The van der Waals surface area contributed by atoms with E-state index in [1.54, 1.807) is 0 Å². The SMILES string of the molecule is Fc1cc(F)c2c(F)ccc(OB(Oc3c(F)c(F)c(F)c(F)c3F)c3c(F)c(F)c(F)c4c3C(F)(F)c3c(F)c(F)c(F)c(F)c3-4)c2c1. The molecular weight excluding hydrogens is 714 g/mol. The van der Waals surface area contributed by atoms with Crippen LogP contribution in [0.1, 0.15) is 11.1 Å². The molecule has 0 atom stereocenters. The molecule has 6 rings (SSSR count). The fourth-order valence-electron chi connectivity index (χ4n) is 5.23. The van der Waals surface area contributed by atoms with Gasteiger partial charge in [-0.2, -0.15) is 17.6 Å². The van der Waals surface area contributed by atoms with Gasteiger partial charge in [-0.1, -0.05) is 0 Å². The van der Waals surface area contributed by atoms with E-state index in [-0.39, 0.29) is 12.1 Å². The molecule has 0 aromatic heterocycles. The van der Waals surface area contributed by atoms with Crippen molar-refractivity contribution < 1.29 is 83.9 Å². The molecule has 0 saturated heterocycles. The largest absolute Gasteiger partial charge is 0.636 e. The lowest BCUT2D eigenvalue weighted by Gasteiger charge is -2.24. The summed E-state index contributed by atoms with van der Waals surface area (Å²) in [7, 11) is -3.67. The number of rotatable bonds is 5. The van der Waals surface area contributed by atoms with Gasteiger partial charge in [0, 0.05) is 28.1 Å². The molecule has 0 unspecified atom stereocenters. The van der Waals surface area contributed by atoms with Crippen LogP contribution in [0.3, 0.4) is 0 Å². The maximum atomic E-state index is 15.9. The van der Waals surface area contributed by atoms with Gasteiger partial charge < -0.3 is 9.31 Å². The van der Waals surface area contributed by atoms with Crippen molar-refractivity contribution in [1.82, 2.24) is 0 Å². The van der Waals surface area contributed by atoms with E-state index in [9.17, 15) is 52.7 Å². The van der Waals surface area contributed by atoms with Crippen molar-refractivity contribution in [2.24, 2.45) is 0 Å². The molecule has 0 N–H and O–H groups in total. The molecule has 0 bridgehead atoms. The van der Waals surface area contributed by atoms with Gasteiger partial charge >= 0.3 is 13.0 Å². The van der Waals surface area contributed by atoms with Gasteiger partial charge in [0.15, 0.2) is 46.5 Å². The van der Waals surface area contributed by atoms with Crippen LogP contribution < -0.4 is 14.8 Å². The Hall–Kier alpha value is -5.17. The maximum Gasteiger partial charge on any atom is 0.636 e. The molecule has 0 aliphatic heterocycles. The average Bonchev–Trinajstić information content (AvgIpc) is 3.29. The molecule has 20 heteroatoms. The molecule has 0 fully saturated rings. The first kappa shape index (κ1) is 33.7. The van der Waals surface area contributed by atoms with Crippen LogP contribution in [0.25, 0.3) is 21.9 Å². The molecule has 1 aliphatic carbocycles. The highest BCUT2D eigenvalue weighted by atomic mass is 19.3. The number of benzene rings is 5. The summed E-state index contributed by atoms with van der Waals surface area (Å²) in [6.07, 6.45) is 0. The highest BCUT2D eigenvalue weighted by molar-refractivity contribution is 6.64. The van der Waals surface area contributed by atoms with E-state index in [0.717, 1.165) is 0 Å². The van der Waals surface area contributed by atoms with Crippen LogP contribution in [-0.2, 0) is 5.92 Å². The van der Waals surface area contributed by atoms with Crippen molar-refractivity contribution in [2.75, 3.05) is 0 Å². The molecule has 5 aromatic rings. The number of fused-ring (bicyclic) bond motifs is 4. The lowest BCUT2D eigenvalue weighted by atomic mass is 9.72. The van der Waals surface area contributed by atoms with Crippen LogP contribution in [0.2, 0.25) is 0 Å². The summed E-state index contributed by atoms with van der Waals surface area (Å²) in [5.74, 6) is -48.6. The third-order valence-corrected chi connectivity index (χ3v) is 7.31. The molecule has 2 nitrogen and oxygen atoms in total. The molecule has 254 valence electrons. The van der Waals surface area contributed by atoms with Crippen LogP contribution in [0.4, 0.5) is 74.6 Å². The predicted molar refractivity (Wildman–Crippen MR) is 131 cm³/mol. The van der Waals surface area contributed by atoms with Crippen LogP contribution in [-0.4, -0.2) is 7.12 Å². The van der Waals surface area contributed by atoms with E-state index in [4.69, 9.17) is 4.65 Å². The van der Waals surface area contributed by atoms with E-state index in [1.807, 2.05) is 0 Å². The number of hydrogen-bond donors (Lipinski definition) is 0. The molecule has 0 spiro atoms. The second kappa shape index (κ2) is 11.2. The van der Waals surface area contributed by atoms with Crippen molar-refractivity contribution in [2.45, 2.75) is 5.92 Å². The molecule has 5 aromatic carbocycles. The minimum absolute atomic E-state index is 0.0963. The van der Waals surface area contributed by atoms with Crippen molar-refractivity contribution in [3.63, 3.8) is 0 Å². The summed E-state index contributed by atoms with van der Waals surface area (Å²) >= 11 is 0. The minimum atomic E-state index is -5.50. The van der Waals surface area contributed by atoms with Gasteiger partial charge in [-0.3, -0.25) is 0 Å². The molecule has 0 saturated carbocycles. The fraction of sp³-hybridized carbons (Fsp3) is 0.0345. The van der Waals surface area contributed by atoms with Crippen LogP contribution in [0, 0.1) is 87.3 Å². The topological polar surface area (TPSA) is 18.5 Å². The van der Waals surface area contributed by atoms with Gasteiger partial charge in [-0.05, 0) is 18.2 Å². The third kappa shape index (κ3) is 4.66. The second-order valence-electron chi connectivity index (χ2n) is 10.0. The lowest BCUT2D eigenvalue weighted by Crippen LogP contribution is -2.49. The van der Waals surface area contributed by atoms with Gasteiger partial charge in [0.1, 0.15) is 23.2 Å². The van der Waals surface area contributed by atoms with Gasteiger partial charge in [-0.15, -0.1) is 0 Å². The highest BCUT2D eigenvalue weighted by Crippen LogP contribution is 2.55. The summed E-state index contributed by atoms with van der Waals surface area (Å²) < 4.78 is 259.